The lowest BCUT2D eigenvalue weighted by Crippen LogP contribution is -2.37. The summed E-state index contributed by atoms with van der Waals surface area (Å²) >= 11 is 0. The highest BCUT2D eigenvalue weighted by atomic mass is 16.3. The standard InChI is InChI=1S/C25H26N6O2/c32-15-23(33)30-12-11-20-16(14-30)9-10-22(27-20)28-25-26-13-19-18-7-3-4-8-21(18)31(24(19)29-25)17-5-1-2-6-17/h3-4,7-10,13,17,32H,1-2,5-6,11-12,14-15H2,(H,26,27,28,29). The van der Waals surface area contributed by atoms with Gasteiger partial charge in [0.15, 0.2) is 0 Å². The molecule has 168 valence electrons. The van der Waals surface area contributed by atoms with E-state index in [0.717, 1.165) is 22.3 Å². The minimum absolute atomic E-state index is 0.248. The molecule has 0 atom stereocenters. The van der Waals surface area contributed by atoms with Crippen LogP contribution >= 0.6 is 0 Å². The minimum atomic E-state index is -0.459. The average molecular weight is 443 g/mol. The molecule has 1 aliphatic carbocycles. The number of aromatic nitrogens is 4. The molecule has 1 aromatic carbocycles. The van der Waals surface area contributed by atoms with E-state index in [4.69, 9.17) is 15.1 Å². The third-order valence-corrected chi connectivity index (χ3v) is 6.92. The van der Waals surface area contributed by atoms with Crippen molar-refractivity contribution in [3.63, 3.8) is 0 Å². The molecule has 2 aliphatic rings. The van der Waals surface area contributed by atoms with Crippen molar-refractivity contribution >= 4 is 39.6 Å². The maximum atomic E-state index is 11.8. The van der Waals surface area contributed by atoms with E-state index in [9.17, 15) is 4.79 Å². The molecule has 0 spiro atoms. The predicted molar refractivity (Wildman–Crippen MR) is 126 cm³/mol. The minimum Gasteiger partial charge on any atom is -0.387 e. The van der Waals surface area contributed by atoms with Crippen molar-refractivity contribution in [1.82, 2.24) is 24.4 Å². The van der Waals surface area contributed by atoms with Gasteiger partial charge in [-0.2, -0.15) is 4.98 Å². The lowest BCUT2D eigenvalue weighted by molar-refractivity contribution is -0.135. The van der Waals surface area contributed by atoms with Gasteiger partial charge in [-0.3, -0.25) is 4.79 Å². The van der Waals surface area contributed by atoms with Crippen LogP contribution in [0.1, 0.15) is 43.0 Å². The Hall–Kier alpha value is -3.52. The molecule has 1 aliphatic heterocycles. The number of aliphatic hydroxyl groups excluding tert-OH is 1. The molecular weight excluding hydrogens is 416 g/mol. The third-order valence-electron chi connectivity index (χ3n) is 6.92. The number of hydrogen-bond donors (Lipinski definition) is 2. The van der Waals surface area contributed by atoms with Crippen LogP contribution in [0.25, 0.3) is 21.9 Å². The summed E-state index contributed by atoms with van der Waals surface area (Å²) in [6.45, 7) is 0.582. The first kappa shape index (κ1) is 20.1. The van der Waals surface area contributed by atoms with Gasteiger partial charge in [-0.25, -0.2) is 9.97 Å². The number of benzene rings is 1. The van der Waals surface area contributed by atoms with Gasteiger partial charge in [-0.1, -0.05) is 37.1 Å². The van der Waals surface area contributed by atoms with Crippen LogP contribution in [0.5, 0.6) is 0 Å². The normalized spacial score (nSPS) is 16.5. The number of rotatable bonds is 4. The Bertz CT molecular complexity index is 1360. The largest absolute Gasteiger partial charge is 0.387 e. The quantitative estimate of drug-likeness (QED) is 0.500. The van der Waals surface area contributed by atoms with Crippen molar-refractivity contribution < 1.29 is 9.90 Å². The molecule has 1 amide bonds. The zero-order valence-corrected chi connectivity index (χ0v) is 18.4. The number of amides is 1. The van der Waals surface area contributed by atoms with Gasteiger partial charge >= 0.3 is 0 Å². The summed E-state index contributed by atoms with van der Waals surface area (Å²) in [4.78, 5) is 27.7. The summed E-state index contributed by atoms with van der Waals surface area (Å²) < 4.78 is 2.40. The summed E-state index contributed by atoms with van der Waals surface area (Å²) in [6, 6.07) is 12.8. The van der Waals surface area contributed by atoms with Gasteiger partial charge in [-0.05, 0) is 30.5 Å². The smallest absolute Gasteiger partial charge is 0.248 e. The molecule has 4 heterocycles. The van der Waals surface area contributed by atoms with E-state index in [1.54, 1.807) is 4.90 Å². The molecule has 4 aromatic rings. The van der Waals surface area contributed by atoms with Crippen LogP contribution in [0.4, 0.5) is 11.8 Å². The van der Waals surface area contributed by atoms with E-state index in [2.05, 4.69) is 39.1 Å². The van der Waals surface area contributed by atoms with E-state index in [1.807, 2.05) is 18.3 Å². The van der Waals surface area contributed by atoms with E-state index in [-0.39, 0.29) is 5.91 Å². The van der Waals surface area contributed by atoms with Gasteiger partial charge in [0.2, 0.25) is 11.9 Å². The van der Waals surface area contributed by atoms with Gasteiger partial charge in [-0.15, -0.1) is 0 Å². The van der Waals surface area contributed by atoms with E-state index < -0.39 is 6.61 Å². The number of pyridine rings is 1. The molecular formula is C25H26N6O2. The maximum Gasteiger partial charge on any atom is 0.248 e. The zero-order chi connectivity index (χ0) is 22.4. The second-order valence-corrected chi connectivity index (χ2v) is 8.91. The summed E-state index contributed by atoms with van der Waals surface area (Å²) in [6.07, 6.45) is 7.46. The maximum absolute atomic E-state index is 11.8. The molecule has 0 unspecified atom stereocenters. The number of carbonyl (C=O) groups excluding carboxylic acids is 1. The molecule has 33 heavy (non-hydrogen) atoms. The van der Waals surface area contributed by atoms with Crippen LogP contribution in [0.3, 0.4) is 0 Å². The van der Waals surface area contributed by atoms with Gasteiger partial charge in [0, 0.05) is 48.2 Å². The van der Waals surface area contributed by atoms with Crippen LogP contribution in [0.2, 0.25) is 0 Å². The fourth-order valence-corrected chi connectivity index (χ4v) is 5.28. The lowest BCUT2D eigenvalue weighted by Gasteiger charge is -2.28. The van der Waals surface area contributed by atoms with Gasteiger partial charge < -0.3 is 19.9 Å². The van der Waals surface area contributed by atoms with Crippen molar-refractivity contribution in [2.75, 3.05) is 18.5 Å². The fraction of sp³-hybridized carbons (Fsp3) is 0.360. The Labute approximate surface area is 191 Å². The second kappa shape index (κ2) is 8.12. The Morgan fingerprint density at radius 3 is 2.79 bits per heavy atom. The van der Waals surface area contributed by atoms with Crippen LogP contribution in [0.15, 0.2) is 42.6 Å². The molecule has 8 heteroatoms. The zero-order valence-electron chi connectivity index (χ0n) is 18.4. The molecule has 3 aromatic heterocycles. The molecule has 0 radical (unpaired) electrons. The number of fused-ring (bicyclic) bond motifs is 4. The molecule has 8 nitrogen and oxygen atoms in total. The highest BCUT2D eigenvalue weighted by Crippen LogP contribution is 2.37. The molecule has 1 saturated carbocycles. The van der Waals surface area contributed by atoms with Crippen molar-refractivity contribution in [2.45, 2.75) is 44.7 Å². The predicted octanol–water partition coefficient (Wildman–Crippen LogP) is 3.72. The van der Waals surface area contributed by atoms with Crippen molar-refractivity contribution in [3.8, 4) is 0 Å². The van der Waals surface area contributed by atoms with Crippen LogP contribution in [0, 0.1) is 0 Å². The van der Waals surface area contributed by atoms with Gasteiger partial charge in [0.05, 0.1) is 5.52 Å². The van der Waals surface area contributed by atoms with Crippen molar-refractivity contribution in [2.24, 2.45) is 0 Å². The first-order valence-electron chi connectivity index (χ1n) is 11.6. The summed E-state index contributed by atoms with van der Waals surface area (Å²) in [5, 5.41) is 14.7. The number of carbonyl (C=O) groups is 1. The molecule has 1 fully saturated rings. The first-order valence-corrected chi connectivity index (χ1v) is 11.6. The van der Waals surface area contributed by atoms with E-state index in [0.29, 0.717) is 37.3 Å². The Kier molecular flexibility index (Phi) is 4.95. The number of anilines is 2. The second-order valence-electron chi connectivity index (χ2n) is 8.91. The Balaban J connectivity index is 1.33. The first-order chi connectivity index (χ1) is 16.2. The molecule has 2 N–H and O–H groups in total. The summed E-state index contributed by atoms with van der Waals surface area (Å²) in [5.41, 5.74) is 4.16. The number of hydrogen-bond acceptors (Lipinski definition) is 6. The van der Waals surface area contributed by atoms with Crippen LogP contribution in [-0.2, 0) is 17.8 Å². The Morgan fingerprint density at radius 1 is 1.09 bits per heavy atom. The van der Waals surface area contributed by atoms with Crippen molar-refractivity contribution in [1.29, 1.82) is 0 Å². The molecule has 6 rings (SSSR count). The van der Waals surface area contributed by atoms with Crippen LogP contribution in [-0.4, -0.2) is 48.6 Å². The highest BCUT2D eigenvalue weighted by molar-refractivity contribution is 6.06. The third kappa shape index (κ3) is 3.51. The fourth-order valence-electron chi connectivity index (χ4n) is 5.28. The van der Waals surface area contributed by atoms with E-state index in [1.165, 1.54) is 36.6 Å². The summed E-state index contributed by atoms with van der Waals surface area (Å²) in [7, 11) is 0. The molecule has 0 bridgehead atoms. The molecule has 0 saturated heterocycles. The Morgan fingerprint density at radius 2 is 1.94 bits per heavy atom. The topological polar surface area (TPSA) is 96.2 Å². The highest BCUT2D eigenvalue weighted by Gasteiger charge is 2.24. The number of para-hydroxylation sites is 1. The lowest BCUT2D eigenvalue weighted by atomic mass is 10.1. The van der Waals surface area contributed by atoms with Gasteiger partial charge in [0.25, 0.3) is 0 Å². The van der Waals surface area contributed by atoms with E-state index >= 15 is 0 Å². The summed E-state index contributed by atoms with van der Waals surface area (Å²) in [5.74, 6) is 0.977. The van der Waals surface area contributed by atoms with Crippen LogP contribution < -0.4 is 5.32 Å². The SMILES string of the molecule is O=C(CO)N1CCc2nc(Nc3ncc4c5ccccc5n(C5CCCC5)c4n3)ccc2C1. The number of nitrogens with one attached hydrogen (secondary N) is 1. The monoisotopic (exact) mass is 442 g/mol. The number of nitrogens with zero attached hydrogens (tertiary/aromatic N) is 5. The van der Waals surface area contributed by atoms with Gasteiger partial charge in [0.1, 0.15) is 18.1 Å². The number of aliphatic hydroxyl groups is 1. The average Bonchev–Trinajstić information content (AvgIpc) is 3.49. The van der Waals surface area contributed by atoms with Crippen molar-refractivity contribution in [3.05, 3.63) is 53.9 Å².